The van der Waals surface area contributed by atoms with Crippen LogP contribution in [0.15, 0.2) is 77.9 Å². The highest BCUT2D eigenvalue weighted by molar-refractivity contribution is 6.33. The van der Waals surface area contributed by atoms with Crippen molar-refractivity contribution in [2.75, 3.05) is 0 Å². The van der Waals surface area contributed by atoms with Gasteiger partial charge < -0.3 is 4.74 Å². The van der Waals surface area contributed by atoms with Crippen LogP contribution in [0.3, 0.4) is 0 Å². The van der Waals surface area contributed by atoms with Crippen molar-refractivity contribution in [2.45, 2.75) is 142 Å². The average molecular weight is 667 g/mol. The maximum atomic E-state index is 14.1. The minimum absolute atomic E-state index is 0.0803. The van der Waals surface area contributed by atoms with Crippen LogP contribution in [-0.2, 0) is 0 Å². The molecule has 1 nitrogen and oxygen atoms in total. The van der Waals surface area contributed by atoms with Gasteiger partial charge in [-0.15, -0.1) is 0 Å². The largest absolute Gasteiger partial charge is 0.491 e. The fraction of sp³-hybridized carbons (Fsp3) is 0.524. The van der Waals surface area contributed by atoms with Crippen LogP contribution in [-0.4, -0.2) is 12.3 Å². The van der Waals surface area contributed by atoms with E-state index < -0.39 is 6.18 Å². The second-order valence-corrected chi connectivity index (χ2v) is 13.9. The maximum absolute atomic E-state index is 14.1. The standard InChI is InChI=1S/C42H54ClF3O/c1-4-6-8-10-11-12-14-16-35-21-22-36(29-40(35)42(44,45)46)32-17-19-33(20-18-32)37-25-28-39(41(43)30-37)34-23-26-38(27-24-34)47-31(3)15-13-9-7-5-2/h17-20,23-28,30-31,36H,4-16,21-22,29H2,1-3H3. The summed E-state index contributed by atoms with van der Waals surface area (Å²) in [5.74, 6) is 0.755. The Bertz CT molecular complexity index is 1390. The number of alkyl halides is 3. The Hall–Kier alpha value is -2.72. The molecule has 1 aliphatic carbocycles. The van der Waals surface area contributed by atoms with E-state index in [0.29, 0.717) is 23.4 Å². The molecule has 2 unspecified atom stereocenters. The van der Waals surface area contributed by atoms with Gasteiger partial charge in [0.15, 0.2) is 0 Å². The SMILES string of the molecule is CCCCCCCCCC1=C(C(F)(F)F)CC(c2ccc(-c3ccc(-c4ccc(OC(C)CCCCCC)cc4)c(Cl)c3)cc2)CC1. The van der Waals surface area contributed by atoms with Gasteiger partial charge in [-0.3, -0.25) is 0 Å². The Balaban J connectivity index is 1.35. The predicted octanol–water partition coefficient (Wildman–Crippen LogP) is 14.7. The van der Waals surface area contributed by atoms with Crippen molar-refractivity contribution in [2.24, 2.45) is 0 Å². The topological polar surface area (TPSA) is 9.23 Å². The summed E-state index contributed by atoms with van der Waals surface area (Å²) < 4.78 is 48.5. The van der Waals surface area contributed by atoms with Crippen LogP contribution in [0, 0.1) is 0 Å². The highest BCUT2D eigenvalue weighted by Crippen LogP contribution is 2.45. The molecule has 0 aromatic heterocycles. The second kappa shape index (κ2) is 18.7. The molecule has 4 rings (SSSR count). The van der Waals surface area contributed by atoms with Gasteiger partial charge in [0, 0.05) is 16.2 Å². The zero-order valence-electron chi connectivity index (χ0n) is 28.7. The van der Waals surface area contributed by atoms with Crippen LogP contribution >= 0.6 is 11.6 Å². The first-order chi connectivity index (χ1) is 22.7. The summed E-state index contributed by atoms with van der Waals surface area (Å²) >= 11 is 6.78. The number of hydrogen-bond donors (Lipinski definition) is 0. The number of hydrogen-bond acceptors (Lipinski definition) is 1. The number of allylic oxidation sites excluding steroid dienone is 2. The molecule has 0 heterocycles. The zero-order chi connectivity index (χ0) is 33.6. The first-order valence-corrected chi connectivity index (χ1v) is 18.5. The summed E-state index contributed by atoms with van der Waals surface area (Å²) in [7, 11) is 0. The quantitative estimate of drug-likeness (QED) is 0.0969. The summed E-state index contributed by atoms with van der Waals surface area (Å²) in [6.45, 7) is 6.54. The van der Waals surface area contributed by atoms with Gasteiger partial charge in [0.05, 0.1) is 6.10 Å². The van der Waals surface area contributed by atoms with E-state index >= 15 is 0 Å². The molecular formula is C42H54ClF3O. The monoisotopic (exact) mass is 666 g/mol. The molecule has 0 bridgehead atoms. The molecular weight excluding hydrogens is 613 g/mol. The molecule has 2 atom stereocenters. The number of ether oxygens (including phenoxy) is 1. The molecule has 47 heavy (non-hydrogen) atoms. The lowest BCUT2D eigenvalue weighted by Crippen LogP contribution is -2.21. The van der Waals surface area contributed by atoms with Crippen molar-refractivity contribution in [3.05, 3.63) is 88.5 Å². The van der Waals surface area contributed by atoms with Gasteiger partial charge in [0.2, 0.25) is 0 Å². The van der Waals surface area contributed by atoms with E-state index in [2.05, 4.69) is 26.8 Å². The van der Waals surface area contributed by atoms with Crippen molar-refractivity contribution in [3.63, 3.8) is 0 Å². The fourth-order valence-corrected chi connectivity index (χ4v) is 7.19. The zero-order valence-corrected chi connectivity index (χ0v) is 29.5. The van der Waals surface area contributed by atoms with Crippen LogP contribution in [0.2, 0.25) is 5.02 Å². The van der Waals surface area contributed by atoms with Gasteiger partial charge in [-0.2, -0.15) is 13.2 Å². The molecule has 5 heteroatoms. The van der Waals surface area contributed by atoms with Gasteiger partial charge in [-0.25, -0.2) is 0 Å². The summed E-state index contributed by atoms with van der Waals surface area (Å²) in [5.41, 5.74) is 5.31. The molecule has 0 saturated carbocycles. The highest BCUT2D eigenvalue weighted by atomic mass is 35.5. The molecule has 0 N–H and O–H groups in total. The van der Waals surface area contributed by atoms with E-state index in [1.807, 2.05) is 60.7 Å². The molecule has 3 aromatic carbocycles. The molecule has 256 valence electrons. The van der Waals surface area contributed by atoms with Gasteiger partial charge in [0.1, 0.15) is 5.75 Å². The Morgan fingerprint density at radius 2 is 1.34 bits per heavy atom. The summed E-state index contributed by atoms with van der Waals surface area (Å²) in [5, 5.41) is 0.658. The minimum atomic E-state index is -4.26. The van der Waals surface area contributed by atoms with Gasteiger partial charge in [0.25, 0.3) is 0 Å². The lowest BCUT2D eigenvalue weighted by atomic mass is 9.78. The Morgan fingerprint density at radius 3 is 1.98 bits per heavy atom. The van der Waals surface area contributed by atoms with Crippen molar-refractivity contribution in [1.29, 1.82) is 0 Å². The molecule has 0 spiro atoms. The molecule has 3 aromatic rings. The second-order valence-electron chi connectivity index (χ2n) is 13.5. The lowest BCUT2D eigenvalue weighted by molar-refractivity contribution is -0.0967. The summed E-state index contributed by atoms with van der Waals surface area (Å²) in [6, 6.07) is 22.2. The van der Waals surface area contributed by atoms with Gasteiger partial charge in [-0.05, 0) is 98.2 Å². The van der Waals surface area contributed by atoms with E-state index in [1.165, 1.54) is 51.4 Å². The third kappa shape index (κ3) is 11.4. The third-order valence-electron chi connectivity index (χ3n) is 9.75. The van der Waals surface area contributed by atoms with E-state index in [0.717, 1.165) is 65.7 Å². The third-order valence-corrected chi connectivity index (χ3v) is 10.1. The number of unbranched alkanes of at least 4 members (excludes halogenated alkanes) is 9. The first kappa shape index (κ1) is 37.1. The van der Waals surface area contributed by atoms with Crippen molar-refractivity contribution in [1.82, 2.24) is 0 Å². The average Bonchev–Trinajstić information content (AvgIpc) is 3.06. The molecule has 0 amide bonds. The number of halogens is 4. The van der Waals surface area contributed by atoms with Crippen molar-refractivity contribution < 1.29 is 17.9 Å². The molecule has 0 radical (unpaired) electrons. The Labute approximate surface area is 287 Å². The van der Waals surface area contributed by atoms with Gasteiger partial charge in [-0.1, -0.05) is 137 Å². The van der Waals surface area contributed by atoms with Crippen LogP contribution in [0.4, 0.5) is 13.2 Å². The lowest BCUT2D eigenvalue weighted by Gasteiger charge is -2.29. The summed E-state index contributed by atoms with van der Waals surface area (Å²) in [6.07, 6.45) is 11.8. The van der Waals surface area contributed by atoms with Gasteiger partial charge >= 0.3 is 6.18 Å². The van der Waals surface area contributed by atoms with Crippen LogP contribution in [0.1, 0.15) is 135 Å². The number of rotatable bonds is 18. The highest BCUT2D eigenvalue weighted by Gasteiger charge is 2.39. The minimum Gasteiger partial charge on any atom is -0.491 e. The van der Waals surface area contributed by atoms with E-state index in [4.69, 9.17) is 16.3 Å². The van der Waals surface area contributed by atoms with Crippen molar-refractivity contribution in [3.8, 4) is 28.0 Å². The predicted molar refractivity (Wildman–Crippen MR) is 193 cm³/mol. The molecule has 0 aliphatic heterocycles. The molecule has 1 aliphatic rings. The summed E-state index contributed by atoms with van der Waals surface area (Å²) in [4.78, 5) is 0. The number of benzene rings is 3. The van der Waals surface area contributed by atoms with E-state index in [-0.39, 0.29) is 24.0 Å². The maximum Gasteiger partial charge on any atom is 0.412 e. The molecule has 0 fully saturated rings. The van der Waals surface area contributed by atoms with Crippen LogP contribution < -0.4 is 4.74 Å². The first-order valence-electron chi connectivity index (χ1n) is 18.1. The van der Waals surface area contributed by atoms with Crippen molar-refractivity contribution >= 4 is 11.6 Å². The van der Waals surface area contributed by atoms with E-state index in [1.54, 1.807) is 0 Å². The fourth-order valence-electron chi connectivity index (χ4n) is 6.90. The smallest absolute Gasteiger partial charge is 0.412 e. The van der Waals surface area contributed by atoms with Crippen LogP contribution in [0.25, 0.3) is 22.3 Å². The normalized spacial score (nSPS) is 16.0. The van der Waals surface area contributed by atoms with Crippen LogP contribution in [0.5, 0.6) is 5.75 Å². The Morgan fingerprint density at radius 1 is 0.745 bits per heavy atom. The Kier molecular flexibility index (Phi) is 14.8. The molecule has 0 saturated heterocycles. The van der Waals surface area contributed by atoms with E-state index in [9.17, 15) is 13.2 Å².